The van der Waals surface area contributed by atoms with Crippen molar-refractivity contribution in [1.29, 1.82) is 0 Å². The molecule has 1 N–H and O–H groups in total. The van der Waals surface area contributed by atoms with Crippen molar-refractivity contribution in [1.82, 2.24) is 19.9 Å². The molecule has 4 fully saturated rings. The third kappa shape index (κ3) is 4.66. The van der Waals surface area contributed by atoms with Crippen LogP contribution in [0.1, 0.15) is 19.3 Å². The van der Waals surface area contributed by atoms with Crippen LogP contribution in [0.3, 0.4) is 0 Å². The summed E-state index contributed by atoms with van der Waals surface area (Å²) in [5.41, 5.74) is -0.266. The van der Waals surface area contributed by atoms with Crippen LogP contribution < -0.4 is 4.90 Å². The zero-order chi connectivity index (χ0) is 22.6. The van der Waals surface area contributed by atoms with Gasteiger partial charge in [0.1, 0.15) is 17.4 Å². The molecular weight excluding hydrogens is 692 g/mol. The molecule has 7 nitrogen and oxygen atoms in total. The second-order valence-electron chi connectivity index (χ2n) is 8.38. The van der Waals surface area contributed by atoms with Crippen LogP contribution in [0.4, 0.5) is 23.4 Å². The third-order valence-electron chi connectivity index (χ3n) is 6.37. The Morgan fingerprint density at radius 1 is 1.27 bits per heavy atom. The fourth-order valence-electron chi connectivity index (χ4n) is 4.78. The maximum absolute atomic E-state index is 14.1. The van der Waals surface area contributed by atoms with Crippen molar-refractivity contribution in [3.05, 3.63) is 23.2 Å². The number of nitrogens with zero attached hydrogens (tertiary/aromatic N) is 5. The number of fused-ring (bicyclic) bond motifs is 3. The summed E-state index contributed by atoms with van der Waals surface area (Å²) in [4.78, 5) is 14.6. The van der Waals surface area contributed by atoms with Gasteiger partial charge in [0.2, 0.25) is 0 Å². The topological polar surface area (TPSA) is 74.6 Å². The van der Waals surface area contributed by atoms with E-state index in [1.54, 1.807) is 0 Å². The van der Waals surface area contributed by atoms with Gasteiger partial charge in [0.05, 0.1) is 30.7 Å². The summed E-state index contributed by atoms with van der Waals surface area (Å²) in [5.74, 6) is -4.82. The number of hydrogen-bond acceptors (Lipinski definition) is 7. The maximum Gasteiger partial charge on any atom is 0.316 e. The van der Waals surface area contributed by atoms with Crippen LogP contribution >= 0.6 is 11.6 Å². The smallest absolute Gasteiger partial charge is 0.316 e. The summed E-state index contributed by atoms with van der Waals surface area (Å²) in [6.45, 7) is 2.08. The Labute approximate surface area is 216 Å². The molecule has 13 heteroatoms. The summed E-state index contributed by atoms with van der Waals surface area (Å²) < 4.78 is 59.7. The van der Waals surface area contributed by atoms with E-state index in [2.05, 4.69) is 19.9 Å². The van der Waals surface area contributed by atoms with E-state index in [4.69, 9.17) is 16.3 Å². The van der Waals surface area contributed by atoms with Crippen molar-refractivity contribution >= 4 is 28.3 Å². The minimum absolute atomic E-state index is 0. The first kappa shape index (κ1) is 25.2. The number of alkyl halides is 3. The Bertz CT molecular complexity index is 1030. The van der Waals surface area contributed by atoms with Gasteiger partial charge in [-0.2, -0.15) is 16.4 Å². The molecule has 0 bridgehead atoms. The standard InChI is InChI=1S/C13H10ClF3N4O2.C7H11FN.U/c14-10-7(15)8-5(3-18-10)11(20-12(22)19-8)21-1-2-23-4-6-9(21)13(6,16)17;8-6-4-7-2-1-3-9(7)5-6;/h3,6,9H,1-2,4H2,(H,19,20,22);6H,1-5H2;/q;-1;/t;6-;/m.1./s1. The Morgan fingerprint density at radius 2 is 2.06 bits per heavy atom. The molecule has 2 aromatic rings. The monoisotopic (exact) mass is 712 g/mol. The van der Waals surface area contributed by atoms with Crippen molar-refractivity contribution in [3.63, 3.8) is 0 Å². The molecule has 0 radical (unpaired) electrons. The van der Waals surface area contributed by atoms with E-state index in [9.17, 15) is 22.7 Å². The molecule has 4 aliphatic rings. The van der Waals surface area contributed by atoms with Crippen LogP contribution in [0, 0.1) is 48.9 Å². The van der Waals surface area contributed by atoms with Gasteiger partial charge >= 0.3 is 6.01 Å². The van der Waals surface area contributed by atoms with Crippen molar-refractivity contribution in [2.45, 2.75) is 37.4 Å². The number of rotatable bonds is 1. The fraction of sp³-hybridized carbons (Fsp3) is 0.600. The molecule has 2 unspecified atom stereocenters. The first-order valence-corrected chi connectivity index (χ1v) is 10.8. The van der Waals surface area contributed by atoms with E-state index >= 15 is 0 Å². The molecule has 0 aromatic carbocycles. The quantitative estimate of drug-likeness (QED) is 0.277. The summed E-state index contributed by atoms with van der Waals surface area (Å²) in [6.07, 6.45) is 3.78. The third-order valence-corrected chi connectivity index (χ3v) is 6.63. The average molecular weight is 713 g/mol. The molecule has 1 aliphatic carbocycles. The zero-order valence-electron chi connectivity index (χ0n) is 17.4. The Balaban J connectivity index is 0.000000217. The molecule has 0 amide bonds. The zero-order valence-corrected chi connectivity index (χ0v) is 22.4. The Kier molecular flexibility index (Phi) is 7.33. The Morgan fingerprint density at radius 3 is 2.82 bits per heavy atom. The van der Waals surface area contributed by atoms with E-state index in [0.29, 0.717) is 6.54 Å². The van der Waals surface area contributed by atoms with E-state index in [0.717, 1.165) is 19.4 Å². The van der Waals surface area contributed by atoms with E-state index in [1.807, 2.05) is 0 Å². The van der Waals surface area contributed by atoms with Crippen molar-refractivity contribution in [3.8, 4) is 6.01 Å². The van der Waals surface area contributed by atoms with Crippen LogP contribution in [0.5, 0.6) is 6.01 Å². The number of pyridine rings is 1. The largest absolute Gasteiger partial charge is 0.479 e. The summed E-state index contributed by atoms with van der Waals surface area (Å²) in [7, 11) is 0. The van der Waals surface area contributed by atoms with Gasteiger partial charge in [-0.05, 0) is 13.1 Å². The predicted molar refractivity (Wildman–Crippen MR) is 108 cm³/mol. The van der Waals surface area contributed by atoms with Gasteiger partial charge in [0.25, 0.3) is 5.92 Å². The molecule has 1 saturated carbocycles. The Hall–Kier alpha value is -0.928. The van der Waals surface area contributed by atoms with Crippen LogP contribution in [-0.2, 0) is 4.74 Å². The second-order valence-corrected chi connectivity index (χ2v) is 8.74. The van der Waals surface area contributed by atoms with E-state index in [-0.39, 0.29) is 67.6 Å². The van der Waals surface area contributed by atoms with Gasteiger partial charge in [-0.25, -0.2) is 28.6 Å². The number of hydrogen-bond donors (Lipinski definition) is 1. The van der Waals surface area contributed by atoms with Gasteiger partial charge in [-0.1, -0.05) is 18.0 Å². The molecule has 3 aliphatic heterocycles. The van der Waals surface area contributed by atoms with Gasteiger partial charge in [-0.15, -0.1) is 6.42 Å². The molecule has 3 saturated heterocycles. The van der Waals surface area contributed by atoms with Crippen LogP contribution in [-0.4, -0.2) is 75.9 Å². The number of ether oxygens (including phenoxy) is 1. The molecular formula is C20H21ClF4N5O2U-. The van der Waals surface area contributed by atoms with Crippen molar-refractivity contribution in [2.24, 2.45) is 5.92 Å². The van der Waals surface area contributed by atoms with E-state index < -0.39 is 41.0 Å². The van der Waals surface area contributed by atoms with Gasteiger partial charge in [-0.3, -0.25) is 0 Å². The molecule has 33 heavy (non-hydrogen) atoms. The summed E-state index contributed by atoms with van der Waals surface area (Å²) in [6, 6.07) is -0.469. The molecule has 0 spiro atoms. The molecule has 3 atom stereocenters. The SMILES string of the molecule is F[C@@H]1C[C-]2CCCN2C1.Oc1nc(N2CCOCC3C2C3(F)F)c2cnc(Cl)c(F)c2n1.[U]. The first-order valence-electron chi connectivity index (χ1n) is 10.4. The van der Waals surface area contributed by atoms with Crippen LogP contribution in [0.25, 0.3) is 10.9 Å². The molecule has 2 aromatic heterocycles. The maximum atomic E-state index is 14.1. The average Bonchev–Trinajstić information content (AvgIpc) is 2.93. The number of halogens is 5. The minimum atomic E-state index is -2.92. The van der Waals surface area contributed by atoms with Gasteiger partial charge in [0.15, 0.2) is 11.0 Å². The second kappa shape index (κ2) is 9.61. The van der Waals surface area contributed by atoms with Gasteiger partial charge < -0.3 is 19.6 Å². The van der Waals surface area contributed by atoms with Gasteiger partial charge in [0, 0.05) is 43.9 Å². The van der Waals surface area contributed by atoms with E-state index in [1.165, 1.54) is 23.6 Å². The fourth-order valence-corrected chi connectivity index (χ4v) is 4.92. The molecule has 5 heterocycles. The first-order chi connectivity index (χ1) is 15.3. The summed E-state index contributed by atoms with van der Waals surface area (Å²) >= 11 is 5.60. The number of anilines is 1. The predicted octanol–water partition coefficient (Wildman–Crippen LogP) is 3.35. The molecule has 6 rings (SSSR count). The normalized spacial score (nSPS) is 28.4. The van der Waals surface area contributed by atoms with Crippen LogP contribution in [0.15, 0.2) is 6.20 Å². The van der Waals surface area contributed by atoms with Crippen molar-refractivity contribution in [2.75, 3.05) is 37.7 Å². The minimum Gasteiger partial charge on any atom is -0.479 e. The number of aromatic hydroxyl groups is 1. The molecule has 178 valence electrons. The van der Waals surface area contributed by atoms with Crippen LogP contribution in [0.2, 0.25) is 5.15 Å². The number of aromatic nitrogens is 3. The summed E-state index contributed by atoms with van der Waals surface area (Å²) in [5, 5.41) is 9.34. The van der Waals surface area contributed by atoms with Crippen molar-refractivity contribution < 1.29 is 58.5 Å².